The number of nitrogens with zero attached hydrogens (tertiary/aromatic N) is 3. The van der Waals surface area contributed by atoms with E-state index in [-0.39, 0.29) is 18.3 Å². The van der Waals surface area contributed by atoms with Crippen molar-refractivity contribution in [3.63, 3.8) is 0 Å². The van der Waals surface area contributed by atoms with E-state index < -0.39 is 0 Å². The van der Waals surface area contributed by atoms with Crippen LogP contribution in [0.15, 0.2) is 53.4 Å². The van der Waals surface area contributed by atoms with Crippen LogP contribution in [0.1, 0.15) is 49.9 Å². The SMILES string of the molecule is CCN(CC)C(=O)c1ccc(N(c2cccc(SC)c2)C2C[C@H]3CC[C@@H](C2)N3C)cc1.Cl. The van der Waals surface area contributed by atoms with Gasteiger partial charge >= 0.3 is 0 Å². The molecule has 0 N–H and O–H groups in total. The summed E-state index contributed by atoms with van der Waals surface area (Å²) in [6, 6.07) is 19.0. The molecule has 6 heteroatoms. The molecule has 0 saturated carbocycles. The van der Waals surface area contributed by atoms with Crippen molar-refractivity contribution < 1.29 is 4.79 Å². The van der Waals surface area contributed by atoms with Gasteiger partial charge in [-0.05, 0) is 95.3 Å². The highest BCUT2D eigenvalue weighted by Crippen LogP contribution is 2.41. The van der Waals surface area contributed by atoms with Gasteiger partial charge in [-0.1, -0.05) is 6.07 Å². The number of hydrogen-bond acceptors (Lipinski definition) is 4. The predicted molar refractivity (Wildman–Crippen MR) is 139 cm³/mol. The molecule has 32 heavy (non-hydrogen) atoms. The number of hydrogen-bond donors (Lipinski definition) is 0. The van der Waals surface area contributed by atoms with E-state index in [2.05, 4.69) is 59.5 Å². The zero-order valence-electron chi connectivity index (χ0n) is 19.7. The van der Waals surface area contributed by atoms with Crippen LogP contribution in [-0.4, -0.2) is 60.2 Å². The molecule has 174 valence electrons. The van der Waals surface area contributed by atoms with Crippen molar-refractivity contribution in [3.8, 4) is 0 Å². The van der Waals surface area contributed by atoms with Crippen LogP contribution in [0.4, 0.5) is 11.4 Å². The highest BCUT2D eigenvalue weighted by atomic mass is 35.5. The summed E-state index contributed by atoms with van der Waals surface area (Å²) in [6.45, 7) is 5.54. The molecule has 4 nitrogen and oxygen atoms in total. The first-order valence-corrected chi connectivity index (χ1v) is 12.8. The summed E-state index contributed by atoms with van der Waals surface area (Å²) in [4.78, 5) is 21.1. The van der Waals surface area contributed by atoms with E-state index in [4.69, 9.17) is 0 Å². The van der Waals surface area contributed by atoms with Gasteiger partial charge in [-0.2, -0.15) is 0 Å². The Balaban J connectivity index is 0.00000289. The van der Waals surface area contributed by atoms with Gasteiger partial charge in [0.25, 0.3) is 5.91 Å². The average molecular weight is 474 g/mol. The van der Waals surface area contributed by atoms with Crippen LogP contribution in [0.25, 0.3) is 0 Å². The van der Waals surface area contributed by atoms with Crippen molar-refractivity contribution >= 4 is 41.5 Å². The lowest BCUT2D eigenvalue weighted by Gasteiger charge is -2.43. The number of anilines is 2. The Morgan fingerprint density at radius 3 is 2.19 bits per heavy atom. The standard InChI is InChI=1S/C26H35N3OS.ClH/c1-5-28(6-2)26(30)19-10-12-20(13-11-19)29(23-8-7-9-25(18-23)31-4)24-16-21-14-15-22(17-24)27(21)3;/h7-13,18,21-22,24H,5-6,14-17H2,1-4H3;1H/t21-,22+,24?;. The van der Waals surface area contributed by atoms with Crippen LogP contribution in [0.3, 0.4) is 0 Å². The minimum absolute atomic E-state index is 0. The van der Waals surface area contributed by atoms with Crippen molar-refractivity contribution in [2.75, 3.05) is 31.3 Å². The summed E-state index contributed by atoms with van der Waals surface area (Å²) < 4.78 is 0. The summed E-state index contributed by atoms with van der Waals surface area (Å²) in [5.41, 5.74) is 3.21. The van der Waals surface area contributed by atoms with Crippen LogP contribution < -0.4 is 4.90 Å². The molecule has 0 aromatic heterocycles. The third-order valence-electron chi connectivity index (χ3n) is 7.21. The highest BCUT2D eigenvalue weighted by molar-refractivity contribution is 7.98. The largest absolute Gasteiger partial charge is 0.339 e. The van der Waals surface area contributed by atoms with Gasteiger partial charge in [0.1, 0.15) is 0 Å². The third-order valence-corrected chi connectivity index (χ3v) is 7.94. The van der Waals surface area contributed by atoms with Crippen LogP contribution in [0.2, 0.25) is 0 Å². The lowest BCUT2D eigenvalue weighted by atomic mass is 9.95. The highest BCUT2D eigenvalue weighted by Gasteiger charge is 2.40. The fourth-order valence-corrected chi connectivity index (χ4v) is 5.84. The molecule has 2 aliphatic heterocycles. The van der Waals surface area contributed by atoms with E-state index in [0.29, 0.717) is 18.1 Å². The van der Waals surface area contributed by atoms with Crippen LogP contribution in [0.5, 0.6) is 0 Å². The molecular weight excluding hydrogens is 438 g/mol. The van der Waals surface area contributed by atoms with Gasteiger partial charge in [-0.3, -0.25) is 4.79 Å². The van der Waals surface area contributed by atoms with Crippen molar-refractivity contribution in [3.05, 3.63) is 54.1 Å². The lowest BCUT2D eigenvalue weighted by Crippen LogP contribution is -2.47. The molecule has 2 saturated heterocycles. The first kappa shape index (κ1) is 24.9. The van der Waals surface area contributed by atoms with Gasteiger partial charge in [0.15, 0.2) is 0 Å². The molecule has 1 unspecified atom stereocenters. The van der Waals surface area contributed by atoms with Gasteiger partial charge in [0.05, 0.1) is 0 Å². The number of carbonyl (C=O) groups is 1. The molecule has 0 aliphatic carbocycles. The molecule has 2 aliphatic rings. The van der Waals surface area contributed by atoms with Crippen molar-refractivity contribution in [1.29, 1.82) is 0 Å². The summed E-state index contributed by atoms with van der Waals surface area (Å²) in [6.07, 6.45) is 7.14. The second-order valence-corrected chi connectivity index (χ2v) is 9.65. The van der Waals surface area contributed by atoms with Gasteiger partial charge < -0.3 is 14.7 Å². The van der Waals surface area contributed by atoms with Gasteiger partial charge in [0, 0.05) is 53.0 Å². The maximum Gasteiger partial charge on any atom is 0.253 e. The number of thioether (sulfide) groups is 1. The number of rotatable bonds is 7. The molecule has 0 spiro atoms. The number of halogens is 1. The molecule has 2 heterocycles. The minimum Gasteiger partial charge on any atom is -0.339 e. The number of piperidine rings is 1. The summed E-state index contributed by atoms with van der Waals surface area (Å²) in [5.74, 6) is 0.116. The average Bonchev–Trinajstić information content (AvgIpc) is 3.00. The molecule has 2 aromatic rings. The Morgan fingerprint density at radius 2 is 1.62 bits per heavy atom. The molecule has 3 atom stereocenters. The van der Waals surface area contributed by atoms with Crippen LogP contribution in [-0.2, 0) is 0 Å². The topological polar surface area (TPSA) is 26.8 Å². The Labute approximate surface area is 203 Å². The maximum atomic E-state index is 12.8. The van der Waals surface area contributed by atoms with Crippen LogP contribution >= 0.6 is 24.2 Å². The van der Waals surface area contributed by atoms with E-state index in [1.807, 2.05) is 30.9 Å². The van der Waals surface area contributed by atoms with E-state index in [1.165, 1.54) is 42.0 Å². The smallest absolute Gasteiger partial charge is 0.253 e. The maximum absolute atomic E-state index is 12.8. The lowest BCUT2D eigenvalue weighted by molar-refractivity contribution is 0.0773. The van der Waals surface area contributed by atoms with Crippen LogP contribution in [0, 0.1) is 0 Å². The Kier molecular flexibility index (Phi) is 8.54. The molecule has 4 rings (SSSR count). The zero-order valence-corrected chi connectivity index (χ0v) is 21.3. The second kappa shape index (κ2) is 11.0. The molecule has 2 aromatic carbocycles. The fraction of sp³-hybridized carbons (Fsp3) is 0.500. The van der Waals surface area contributed by atoms with E-state index in [1.54, 1.807) is 11.8 Å². The number of amides is 1. The van der Waals surface area contributed by atoms with Gasteiger partial charge in [-0.25, -0.2) is 0 Å². The third kappa shape index (κ3) is 4.95. The van der Waals surface area contributed by atoms with Crippen molar-refractivity contribution in [2.24, 2.45) is 0 Å². The summed E-state index contributed by atoms with van der Waals surface area (Å²) in [7, 11) is 2.30. The Morgan fingerprint density at radius 1 is 1.00 bits per heavy atom. The number of fused-ring (bicyclic) bond motifs is 2. The van der Waals surface area contributed by atoms with E-state index in [9.17, 15) is 4.79 Å². The van der Waals surface area contributed by atoms with Gasteiger partial charge in [-0.15, -0.1) is 24.2 Å². The van der Waals surface area contributed by atoms with E-state index in [0.717, 1.165) is 18.7 Å². The Bertz CT molecular complexity index is 888. The predicted octanol–water partition coefficient (Wildman–Crippen LogP) is 6.08. The summed E-state index contributed by atoms with van der Waals surface area (Å²) >= 11 is 1.79. The minimum atomic E-state index is 0. The first-order valence-electron chi connectivity index (χ1n) is 11.6. The summed E-state index contributed by atoms with van der Waals surface area (Å²) in [5, 5.41) is 0. The molecule has 0 radical (unpaired) electrons. The molecular formula is C26H36ClN3OS. The normalized spacial score (nSPS) is 22.3. The molecule has 2 fully saturated rings. The van der Waals surface area contributed by atoms with Gasteiger partial charge in [0.2, 0.25) is 0 Å². The molecule has 1 amide bonds. The number of benzene rings is 2. The Hall–Kier alpha value is -1.69. The van der Waals surface area contributed by atoms with E-state index >= 15 is 0 Å². The van der Waals surface area contributed by atoms with Crippen molar-refractivity contribution in [2.45, 2.75) is 62.6 Å². The fourth-order valence-electron chi connectivity index (χ4n) is 5.38. The van der Waals surface area contributed by atoms with Crippen molar-refractivity contribution in [1.82, 2.24) is 9.80 Å². The second-order valence-electron chi connectivity index (χ2n) is 8.77. The quantitative estimate of drug-likeness (QED) is 0.455. The number of carbonyl (C=O) groups excluding carboxylic acids is 1. The monoisotopic (exact) mass is 473 g/mol. The first-order chi connectivity index (χ1) is 15.0. The zero-order chi connectivity index (χ0) is 22.0. The molecule has 2 bridgehead atoms.